The van der Waals surface area contributed by atoms with Crippen LogP contribution in [0.2, 0.25) is 0 Å². The number of amides is 1. The van der Waals surface area contributed by atoms with Gasteiger partial charge in [0, 0.05) is 29.9 Å². The molecule has 154 valence electrons. The Hall–Kier alpha value is -2.84. The first-order valence-corrected chi connectivity index (χ1v) is 9.69. The molecule has 0 aliphatic carbocycles. The van der Waals surface area contributed by atoms with Crippen LogP contribution in [0.3, 0.4) is 0 Å². The van der Waals surface area contributed by atoms with Gasteiger partial charge in [-0.15, -0.1) is 0 Å². The van der Waals surface area contributed by atoms with Crippen molar-refractivity contribution in [3.63, 3.8) is 0 Å². The smallest absolute Gasteiger partial charge is 0.252 e. The molecule has 0 saturated heterocycles. The number of carbonyl (C=O) groups is 1. The molecule has 2 aromatic rings. The van der Waals surface area contributed by atoms with Crippen molar-refractivity contribution in [3.05, 3.63) is 48.2 Å². The first-order chi connectivity index (χ1) is 13.9. The number of pyridine rings is 1. The number of nitrogens with zero attached hydrogens (tertiary/aromatic N) is 2. The number of carbonyl (C=O) groups excluding carboxylic acids is 1. The van der Waals surface area contributed by atoms with Gasteiger partial charge in [0.2, 0.25) is 0 Å². The van der Waals surface area contributed by atoms with Gasteiger partial charge >= 0.3 is 0 Å². The fourth-order valence-electron chi connectivity index (χ4n) is 3.37. The average Bonchev–Trinajstić information content (AvgIpc) is 2.69. The lowest BCUT2D eigenvalue weighted by Crippen LogP contribution is -2.49. The number of nitrogens with one attached hydrogen (secondary N) is 2. The lowest BCUT2D eigenvalue weighted by molar-refractivity contribution is -0.114. The molecule has 0 spiro atoms. The van der Waals surface area contributed by atoms with Gasteiger partial charge in [-0.25, -0.2) is 9.38 Å². The third kappa shape index (κ3) is 5.16. The summed E-state index contributed by atoms with van der Waals surface area (Å²) in [5.41, 5.74) is 12.9. The summed E-state index contributed by atoms with van der Waals surface area (Å²) in [6.45, 7) is 4.52. The highest BCUT2D eigenvalue weighted by atomic mass is 19.1. The van der Waals surface area contributed by atoms with E-state index in [1.54, 1.807) is 6.20 Å². The number of aliphatic imine (C=N–C) groups is 1. The number of aromatic nitrogens is 1. The van der Waals surface area contributed by atoms with E-state index in [0.29, 0.717) is 18.2 Å². The Morgan fingerprint density at radius 2 is 2.10 bits per heavy atom. The molecule has 0 fully saturated rings. The van der Waals surface area contributed by atoms with E-state index < -0.39 is 18.2 Å². The van der Waals surface area contributed by atoms with Crippen LogP contribution in [-0.2, 0) is 4.79 Å². The number of amidine groups is 1. The molecule has 3 atom stereocenters. The van der Waals surface area contributed by atoms with Crippen molar-refractivity contribution in [2.75, 3.05) is 11.9 Å². The number of benzene rings is 1. The minimum Gasteiger partial charge on any atom is -0.365 e. The minimum absolute atomic E-state index is 0.0231. The third-order valence-electron chi connectivity index (χ3n) is 4.73. The minimum atomic E-state index is -1.48. The average molecular weight is 398 g/mol. The van der Waals surface area contributed by atoms with Gasteiger partial charge in [-0.05, 0) is 42.7 Å². The van der Waals surface area contributed by atoms with Gasteiger partial charge in [0.1, 0.15) is 12.0 Å². The zero-order valence-electron chi connectivity index (χ0n) is 16.6. The number of dihydropyridines is 1. The van der Waals surface area contributed by atoms with Crippen LogP contribution >= 0.6 is 0 Å². The summed E-state index contributed by atoms with van der Waals surface area (Å²) >= 11 is 0. The van der Waals surface area contributed by atoms with Crippen LogP contribution in [0.4, 0.5) is 10.1 Å². The van der Waals surface area contributed by atoms with Crippen LogP contribution in [0, 0.1) is 5.92 Å². The Kier molecular flexibility index (Phi) is 6.56. The quantitative estimate of drug-likeness (QED) is 0.570. The molecule has 1 amide bonds. The van der Waals surface area contributed by atoms with Gasteiger partial charge in [-0.2, -0.15) is 0 Å². The second-order valence-electron chi connectivity index (χ2n) is 7.58. The van der Waals surface area contributed by atoms with Crippen LogP contribution in [-0.4, -0.2) is 41.7 Å². The number of alkyl halides is 1. The predicted octanol–water partition coefficient (Wildman–Crippen LogP) is 2.10. The van der Waals surface area contributed by atoms with E-state index >= 15 is 0 Å². The third-order valence-corrected chi connectivity index (χ3v) is 4.73. The summed E-state index contributed by atoms with van der Waals surface area (Å²) in [5.74, 6) is -0.105. The van der Waals surface area contributed by atoms with Gasteiger partial charge in [0.05, 0.1) is 11.1 Å². The molecule has 1 unspecified atom stereocenters. The highest BCUT2D eigenvalue weighted by Gasteiger charge is 2.30. The summed E-state index contributed by atoms with van der Waals surface area (Å²) in [6.07, 6.45) is 1.39. The maximum absolute atomic E-state index is 14.7. The predicted molar refractivity (Wildman–Crippen MR) is 114 cm³/mol. The molecule has 29 heavy (non-hydrogen) atoms. The van der Waals surface area contributed by atoms with Crippen molar-refractivity contribution in [3.8, 4) is 0 Å². The first-order valence-electron chi connectivity index (χ1n) is 9.69. The van der Waals surface area contributed by atoms with E-state index in [1.165, 1.54) is 6.08 Å². The molecule has 6 N–H and O–H groups in total. The van der Waals surface area contributed by atoms with Gasteiger partial charge in [-0.3, -0.25) is 15.1 Å². The van der Waals surface area contributed by atoms with Crippen molar-refractivity contribution < 1.29 is 9.18 Å². The zero-order chi connectivity index (χ0) is 21.0. The van der Waals surface area contributed by atoms with Crippen molar-refractivity contribution >= 4 is 28.3 Å². The number of hydrogen-bond donors (Lipinski definition) is 4. The first kappa shape index (κ1) is 20.9. The molecule has 1 aromatic heterocycles. The lowest BCUT2D eigenvalue weighted by Gasteiger charge is -2.28. The highest BCUT2D eigenvalue weighted by molar-refractivity contribution is 6.25. The fraction of sp³-hybridized carbons (Fsp3) is 0.381. The highest BCUT2D eigenvalue weighted by Crippen LogP contribution is 2.21. The Morgan fingerprint density at radius 1 is 1.31 bits per heavy atom. The molecule has 1 aliphatic rings. The number of primary amides is 1. The van der Waals surface area contributed by atoms with Crippen LogP contribution in [0.1, 0.15) is 20.3 Å². The number of fused-ring (bicyclic) bond motifs is 1. The number of hydrogen-bond acceptors (Lipinski definition) is 6. The second-order valence-corrected chi connectivity index (χ2v) is 7.58. The lowest BCUT2D eigenvalue weighted by atomic mass is 10.0. The molecular weight excluding hydrogens is 371 g/mol. The van der Waals surface area contributed by atoms with E-state index in [0.717, 1.165) is 17.3 Å². The molecule has 8 heteroatoms. The topological polar surface area (TPSA) is 118 Å². The summed E-state index contributed by atoms with van der Waals surface area (Å²) in [5, 5.41) is 7.19. The summed E-state index contributed by atoms with van der Waals surface area (Å²) in [4.78, 5) is 20.6. The Morgan fingerprint density at radius 3 is 2.79 bits per heavy atom. The largest absolute Gasteiger partial charge is 0.365 e. The van der Waals surface area contributed by atoms with Crippen molar-refractivity contribution in [2.45, 2.75) is 38.6 Å². The SMILES string of the molecule is CC(C)C[C@H](CN)N[C@H]1N=C(Nc2ccc3ncccc3c2)C(C(N)=O)=CC1F. The molecule has 7 nitrogen and oxygen atoms in total. The fourth-order valence-corrected chi connectivity index (χ4v) is 3.37. The van der Waals surface area contributed by atoms with E-state index in [1.807, 2.05) is 30.3 Å². The van der Waals surface area contributed by atoms with Crippen molar-refractivity contribution in [1.29, 1.82) is 0 Å². The van der Waals surface area contributed by atoms with Crippen molar-refractivity contribution in [2.24, 2.45) is 22.4 Å². The zero-order valence-corrected chi connectivity index (χ0v) is 16.6. The molecule has 1 aliphatic heterocycles. The maximum atomic E-state index is 14.7. The standard InChI is InChI=1S/C21H27FN6O/c1-12(2)8-15(11-23)27-21-17(22)10-16(19(24)29)20(28-21)26-14-5-6-18-13(9-14)4-3-7-25-18/h3-7,9-10,12,15,17,21,27H,8,11,23H2,1-2H3,(H2,24,29)(H,26,28)/t15-,17?,21+/m1/s1. The summed E-state index contributed by atoms with van der Waals surface area (Å²) in [7, 11) is 0. The second kappa shape index (κ2) is 9.11. The van der Waals surface area contributed by atoms with Crippen molar-refractivity contribution in [1.82, 2.24) is 10.3 Å². The maximum Gasteiger partial charge on any atom is 0.252 e. The number of halogens is 1. The van der Waals surface area contributed by atoms with E-state index in [9.17, 15) is 9.18 Å². The van der Waals surface area contributed by atoms with Gasteiger partial charge in [0.25, 0.3) is 5.91 Å². The van der Waals surface area contributed by atoms with E-state index in [-0.39, 0.29) is 17.5 Å². The van der Waals surface area contributed by atoms with Crippen LogP contribution in [0.25, 0.3) is 10.9 Å². The summed E-state index contributed by atoms with van der Waals surface area (Å²) < 4.78 is 14.7. The van der Waals surface area contributed by atoms with Crippen LogP contribution < -0.4 is 22.1 Å². The van der Waals surface area contributed by atoms with E-state index in [2.05, 4.69) is 34.5 Å². The molecule has 0 bridgehead atoms. The molecule has 2 heterocycles. The van der Waals surface area contributed by atoms with E-state index in [4.69, 9.17) is 11.5 Å². The Balaban J connectivity index is 1.86. The molecule has 0 radical (unpaired) electrons. The monoisotopic (exact) mass is 398 g/mol. The van der Waals surface area contributed by atoms with Gasteiger partial charge < -0.3 is 16.8 Å². The Labute approximate surface area is 169 Å². The molecule has 0 saturated carbocycles. The number of nitrogens with two attached hydrogens (primary N) is 2. The Bertz CT molecular complexity index is 942. The van der Waals surface area contributed by atoms with Crippen LogP contribution in [0.15, 0.2) is 53.2 Å². The van der Waals surface area contributed by atoms with Gasteiger partial charge in [-0.1, -0.05) is 19.9 Å². The molecule has 1 aromatic carbocycles. The summed E-state index contributed by atoms with van der Waals surface area (Å²) in [6, 6.07) is 9.25. The number of anilines is 1. The molecular formula is C21H27FN6O. The molecule has 3 rings (SSSR count). The number of rotatable bonds is 7. The van der Waals surface area contributed by atoms with Crippen LogP contribution in [0.5, 0.6) is 0 Å². The van der Waals surface area contributed by atoms with Gasteiger partial charge in [0.15, 0.2) is 6.17 Å². The normalized spacial score (nSPS) is 20.3.